The Hall–Kier alpha value is -3.33. The quantitative estimate of drug-likeness (QED) is 0.0267. The Morgan fingerprint density at radius 1 is 0.508 bits per heavy atom. The van der Waals surface area contributed by atoms with Gasteiger partial charge in [0.1, 0.15) is 6.61 Å². The largest absolute Gasteiger partial charge is 0.472 e. The van der Waals surface area contributed by atoms with Crippen molar-refractivity contribution in [2.75, 3.05) is 26.4 Å². The van der Waals surface area contributed by atoms with E-state index in [0.717, 1.165) is 64.2 Å². The molecule has 0 aromatic heterocycles. The van der Waals surface area contributed by atoms with Crippen LogP contribution in [0.1, 0.15) is 155 Å². The van der Waals surface area contributed by atoms with Gasteiger partial charge in [-0.15, -0.1) is 0 Å². The summed E-state index contributed by atoms with van der Waals surface area (Å²) < 4.78 is 32.7. The normalized spacial score (nSPS) is 14.3. The number of nitrogens with two attached hydrogens (primary N) is 1. The lowest BCUT2D eigenvalue weighted by Gasteiger charge is -2.19. The number of esters is 2. The number of rotatable bonds is 40. The molecule has 0 aliphatic carbocycles. The standard InChI is InChI=1S/C49H80NO8P/c1-3-5-7-9-11-13-15-17-19-21-23-25-27-29-31-33-35-37-39-41-48(51)55-45-47(46-57-59(53,54)56-44-43-50)58-49(52)42-40-38-36-34-32-30-28-26-24-22-20-18-16-14-12-10-8-6-4-2/h11-14,17-20,23-26,29-32,36,38,47H,3-10,15-16,21-22,27-28,33-35,37,39-46,50H2,1-2H3,(H,53,54)/b13-11-,14-12-,19-17-,20-18-,25-23-,26-24-,31-29-,32-30-,38-36-/t47-/m1/s1. The lowest BCUT2D eigenvalue weighted by Crippen LogP contribution is -2.29. The van der Waals surface area contributed by atoms with Gasteiger partial charge in [0, 0.05) is 19.4 Å². The highest BCUT2D eigenvalue weighted by Crippen LogP contribution is 2.43. The molecule has 0 spiro atoms. The van der Waals surface area contributed by atoms with E-state index < -0.39 is 32.5 Å². The van der Waals surface area contributed by atoms with Crippen LogP contribution in [0, 0.1) is 0 Å². The number of carbonyl (C=O) groups is 2. The van der Waals surface area contributed by atoms with E-state index in [-0.39, 0.29) is 32.6 Å². The van der Waals surface area contributed by atoms with E-state index >= 15 is 0 Å². The second-order valence-electron chi connectivity index (χ2n) is 14.2. The predicted octanol–water partition coefficient (Wildman–Crippen LogP) is 13.2. The van der Waals surface area contributed by atoms with E-state index in [1.807, 2.05) is 12.2 Å². The Bertz CT molecular complexity index is 1330. The first-order chi connectivity index (χ1) is 28.8. The summed E-state index contributed by atoms with van der Waals surface area (Å²) in [5.74, 6) is -0.973. The summed E-state index contributed by atoms with van der Waals surface area (Å²) in [6.07, 6.45) is 58.5. The smallest absolute Gasteiger partial charge is 0.462 e. The van der Waals surface area contributed by atoms with Crippen molar-refractivity contribution in [3.63, 3.8) is 0 Å². The van der Waals surface area contributed by atoms with E-state index in [4.69, 9.17) is 24.3 Å². The molecule has 0 amide bonds. The van der Waals surface area contributed by atoms with Gasteiger partial charge in [0.15, 0.2) is 6.10 Å². The minimum atomic E-state index is -4.41. The lowest BCUT2D eigenvalue weighted by molar-refractivity contribution is -0.161. The van der Waals surface area contributed by atoms with E-state index in [0.29, 0.717) is 12.8 Å². The molecule has 0 aliphatic rings. The maximum Gasteiger partial charge on any atom is 0.472 e. The molecule has 0 rings (SSSR count). The average molecular weight is 842 g/mol. The first-order valence-corrected chi connectivity index (χ1v) is 23.9. The highest BCUT2D eigenvalue weighted by Gasteiger charge is 2.25. The summed E-state index contributed by atoms with van der Waals surface area (Å²) >= 11 is 0. The third kappa shape index (κ3) is 44.1. The van der Waals surface area contributed by atoms with Crippen molar-refractivity contribution < 1.29 is 37.6 Å². The molecule has 0 radical (unpaired) electrons. The summed E-state index contributed by atoms with van der Waals surface area (Å²) in [4.78, 5) is 34.9. The third-order valence-corrected chi connectivity index (χ3v) is 9.63. The van der Waals surface area contributed by atoms with Crippen LogP contribution in [0.4, 0.5) is 0 Å². The Morgan fingerprint density at radius 2 is 0.915 bits per heavy atom. The molecule has 2 atom stereocenters. The number of hydrogen-bond acceptors (Lipinski definition) is 8. The minimum Gasteiger partial charge on any atom is -0.462 e. The molecule has 0 aliphatic heterocycles. The molecule has 0 saturated heterocycles. The Balaban J connectivity index is 4.36. The fraction of sp³-hybridized carbons (Fsp3) is 0.592. The molecule has 0 aromatic rings. The van der Waals surface area contributed by atoms with Crippen molar-refractivity contribution >= 4 is 19.8 Å². The van der Waals surface area contributed by atoms with Crippen LogP contribution < -0.4 is 5.73 Å². The predicted molar refractivity (Wildman–Crippen MR) is 247 cm³/mol. The van der Waals surface area contributed by atoms with Gasteiger partial charge in [0.2, 0.25) is 0 Å². The van der Waals surface area contributed by atoms with Crippen molar-refractivity contribution in [3.8, 4) is 0 Å². The van der Waals surface area contributed by atoms with Gasteiger partial charge in [0.05, 0.1) is 13.2 Å². The van der Waals surface area contributed by atoms with Crippen molar-refractivity contribution in [1.29, 1.82) is 0 Å². The summed E-state index contributed by atoms with van der Waals surface area (Å²) in [6, 6.07) is 0. The number of allylic oxidation sites excluding steroid dienone is 18. The van der Waals surface area contributed by atoms with Crippen LogP contribution in [-0.4, -0.2) is 49.3 Å². The molecule has 1 unspecified atom stereocenters. The van der Waals surface area contributed by atoms with E-state index in [9.17, 15) is 19.0 Å². The summed E-state index contributed by atoms with van der Waals surface area (Å²) in [7, 11) is -4.41. The van der Waals surface area contributed by atoms with Crippen LogP contribution in [0.5, 0.6) is 0 Å². The number of hydrogen-bond donors (Lipinski definition) is 2. The minimum absolute atomic E-state index is 0.0312. The van der Waals surface area contributed by atoms with Crippen LogP contribution in [0.15, 0.2) is 109 Å². The molecule has 59 heavy (non-hydrogen) atoms. The second-order valence-corrected chi connectivity index (χ2v) is 15.7. The van der Waals surface area contributed by atoms with Crippen LogP contribution in [-0.2, 0) is 32.7 Å². The fourth-order valence-electron chi connectivity index (χ4n) is 5.30. The molecule has 10 heteroatoms. The van der Waals surface area contributed by atoms with Gasteiger partial charge in [-0.2, -0.15) is 0 Å². The molecule has 0 aromatic carbocycles. The monoisotopic (exact) mass is 842 g/mol. The van der Waals surface area contributed by atoms with Crippen molar-refractivity contribution in [2.24, 2.45) is 5.73 Å². The van der Waals surface area contributed by atoms with E-state index in [2.05, 4.69) is 111 Å². The van der Waals surface area contributed by atoms with Crippen LogP contribution >= 0.6 is 7.82 Å². The molecule has 0 heterocycles. The average Bonchev–Trinajstić information content (AvgIpc) is 3.22. The first-order valence-electron chi connectivity index (χ1n) is 22.4. The van der Waals surface area contributed by atoms with Crippen LogP contribution in [0.25, 0.3) is 0 Å². The van der Waals surface area contributed by atoms with Crippen molar-refractivity contribution in [1.82, 2.24) is 0 Å². The van der Waals surface area contributed by atoms with Crippen LogP contribution in [0.2, 0.25) is 0 Å². The Kier molecular flexibility index (Phi) is 41.7. The topological polar surface area (TPSA) is 134 Å². The fourth-order valence-corrected chi connectivity index (χ4v) is 6.07. The van der Waals surface area contributed by atoms with E-state index in [1.54, 1.807) is 0 Å². The van der Waals surface area contributed by atoms with E-state index in [1.165, 1.54) is 51.4 Å². The SMILES string of the molecule is CCCCC/C=C\C/C=C\C/C=C\C/C=C\C/C=C\CCC(=O)O[C@H](COC(=O)CCCCC/C=C\C/C=C\C/C=C\C/C=C\CCCCC)COP(=O)(O)OCCN. The molecular weight excluding hydrogens is 762 g/mol. The van der Waals surface area contributed by atoms with Crippen molar-refractivity contribution in [2.45, 2.75) is 161 Å². The molecule has 3 N–H and O–H groups in total. The molecule has 0 saturated carbocycles. The van der Waals surface area contributed by atoms with Gasteiger partial charge in [-0.1, -0.05) is 155 Å². The zero-order valence-corrected chi connectivity index (χ0v) is 37.6. The number of ether oxygens (including phenoxy) is 2. The molecule has 9 nitrogen and oxygen atoms in total. The Labute approximate surface area is 359 Å². The zero-order valence-electron chi connectivity index (χ0n) is 36.7. The van der Waals surface area contributed by atoms with Gasteiger partial charge in [-0.3, -0.25) is 18.6 Å². The van der Waals surface area contributed by atoms with Gasteiger partial charge in [-0.25, -0.2) is 4.57 Å². The van der Waals surface area contributed by atoms with Gasteiger partial charge in [-0.05, 0) is 96.3 Å². The van der Waals surface area contributed by atoms with Crippen molar-refractivity contribution in [3.05, 3.63) is 109 Å². The third-order valence-electron chi connectivity index (χ3n) is 8.64. The molecular formula is C49H80NO8P. The first kappa shape index (κ1) is 55.7. The summed E-state index contributed by atoms with van der Waals surface area (Å²) in [6.45, 7) is 3.53. The highest BCUT2D eigenvalue weighted by atomic mass is 31.2. The zero-order chi connectivity index (χ0) is 43.2. The number of phosphoric ester groups is 1. The van der Waals surface area contributed by atoms with Gasteiger partial charge >= 0.3 is 19.8 Å². The number of phosphoric acid groups is 1. The van der Waals surface area contributed by atoms with Gasteiger partial charge < -0.3 is 20.1 Å². The highest BCUT2D eigenvalue weighted by molar-refractivity contribution is 7.47. The number of unbranched alkanes of at least 4 members (excludes halogenated alkanes) is 9. The maximum absolute atomic E-state index is 12.6. The lowest BCUT2D eigenvalue weighted by atomic mass is 10.1. The van der Waals surface area contributed by atoms with Crippen LogP contribution in [0.3, 0.4) is 0 Å². The van der Waals surface area contributed by atoms with Gasteiger partial charge in [0.25, 0.3) is 0 Å². The molecule has 0 bridgehead atoms. The summed E-state index contributed by atoms with van der Waals surface area (Å²) in [5, 5.41) is 0. The maximum atomic E-state index is 12.6. The molecule has 0 fully saturated rings. The summed E-state index contributed by atoms with van der Waals surface area (Å²) in [5.41, 5.74) is 5.34. The number of carbonyl (C=O) groups excluding carboxylic acids is 2. The molecule has 334 valence electrons. The Morgan fingerprint density at radius 3 is 1.34 bits per heavy atom. The second kappa shape index (κ2) is 44.2.